The lowest BCUT2D eigenvalue weighted by Crippen LogP contribution is -2.48. The maximum absolute atomic E-state index is 12.6. The van der Waals surface area contributed by atoms with Gasteiger partial charge in [0.25, 0.3) is 11.8 Å². The monoisotopic (exact) mass is 600 g/mol. The van der Waals surface area contributed by atoms with Crippen LogP contribution in [0.4, 0.5) is 5.69 Å². The summed E-state index contributed by atoms with van der Waals surface area (Å²) in [5, 5.41) is 6.13. The topological polar surface area (TPSA) is 109 Å². The van der Waals surface area contributed by atoms with E-state index in [4.69, 9.17) is 40.2 Å². The molecule has 3 aromatic carbocycles. The molecule has 3 aromatic rings. The second-order valence-corrected chi connectivity index (χ2v) is 11.1. The zero-order chi connectivity index (χ0) is 29.3. The average Bonchev–Trinajstić information content (AvgIpc) is 2.90. The van der Waals surface area contributed by atoms with E-state index in [1.807, 2.05) is 12.1 Å². The molecule has 0 saturated carbocycles. The largest absolute Gasteiger partial charge is 0.492 e. The lowest BCUT2D eigenvalue weighted by molar-refractivity contribution is -0.119. The van der Waals surface area contributed by atoms with Crippen molar-refractivity contribution in [2.75, 3.05) is 11.9 Å². The molecule has 0 bridgehead atoms. The molecule has 210 valence electrons. The van der Waals surface area contributed by atoms with Crippen LogP contribution in [-0.2, 0) is 10.2 Å². The fourth-order valence-corrected chi connectivity index (χ4v) is 4.07. The lowest BCUT2D eigenvalue weighted by atomic mass is 9.87. The van der Waals surface area contributed by atoms with Crippen molar-refractivity contribution in [1.29, 1.82) is 0 Å². The molecule has 0 aliphatic heterocycles. The second-order valence-electron chi connectivity index (χ2n) is 9.84. The summed E-state index contributed by atoms with van der Waals surface area (Å²) >= 11 is 17.0. The summed E-state index contributed by atoms with van der Waals surface area (Å²) in [5.41, 5.74) is 7.46. The van der Waals surface area contributed by atoms with E-state index in [2.05, 4.69) is 42.3 Å². The molecule has 8 nitrogen and oxygen atoms in total. The molecule has 3 amide bonds. The zero-order valence-corrected chi connectivity index (χ0v) is 24.6. The number of amides is 3. The van der Waals surface area contributed by atoms with E-state index < -0.39 is 5.91 Å². The predicted octanol–water partition coefficient (Wildman–Crippen LogP) is 6.04. The van der Waals surface area contributed by atoms with Crippen molar-refractivity contribution in [2.24, 2.45) is 0 Å². The maximum Gasteiger partial charge on any atom is 0.269 e. The maximum atomic E-state index is 12.6. The van der Waals surface area contributed by atoms with Gasteiger partial charge in [-0.15, -0.1) is 0 Å². The van der Waals surface area contributed by atoms with E-state index in [0.29, 0.717) is 39.0 Å². The molecular formula is C29H30Cl2N4O4S. The number of anilines is 1. The number of rotatable bonds is 8. The third kappa shape index (κ3) is 9.51. The third-order valence-electron chi connectivity index (χ3n) is 5.66. The van der Waals surface area contributed by atoms with Crippen LogP contribution in [0.5, 0.6) is 5.75 Å². The molecule has 0 saturated heterocycles. The van der Waals surface area contributed by atoms with Gasteiger partial charge in [0.2, 0.25) is 5.91 Å². The average molecular weight is 602 g/mol. The molecule has 0 aromatic heterocycles. The molecule has 0 aliphatic rings. The highest BCUT2D eigenvalue weighted by atomic mass is 35.5. The summed E-state index contributed by atoms with van der Waals surface area (Å²) in [6, 6.07) is 18.7. The summed E-state index contributed by atoms with van der Waals surface area (Å²) in [6.07, 6.45) is 0.569. The third-order valence-corrected chi connectivity index (χ3v) is 6.39. The predicted molar refractivity (Wildman–Crippen MR) is 162 cm³/mol. The van der Waals surface area contributed by atoms with Crippen LogP contribution in [0.15, 0.2) is 66.7 Å². The van der Waals surface area contributed by atoms with Crippen LogP contribution in [0.25, 0.3) is 0 Å². The van der Waals surface area contributed by atoms with Crippen LogP contribution in [0.3, 0.4) is 0 Å². The first-order valence-electron chi connectivity index (χ1n) is 12.4. The van der Waals surface area contributed by atoms with Gasteiger partial charge in [-0.05, 0) is 84.2 Å². The first kappa shape index (κ1) is 30.9. The van der Waals surface area contributed by atoms with Gasteiger partial charge in [-0.2, -0.15) is 0 Å². The molecular weight excluding hydrogens is 571 g/mol. The molecule has 0 heterocycles. The van der Waals surface area contributed by atoms with Crippen molar-refractivity contribution in [3.8, 4) is 5.75 Å². The van der Waals surface area contributed by atoms with Gasteiger partial charge in [-0.25, -0.2) is 0 Å². The Hall–Kier alpha value is -3.66. The first-order chi connectivity index (χ1) is 18.9. The number of halogens is 2. The number of carbonyl (C=O) groups is 3. The fraction of sp³-hybridized carbons (Fsp3) is 0.241. The number of ether oxygens (including phenoxy) is 1. The Morgan fingerprint density at radius 2 is 1.48 bits per heavy atom. The molecule has 3 rings (SSSR count). The van der Waals surface area contributed by atoms with Crippen LogP contribution in [0.2, 0.25) is 10.0 Å². The van der Waals surface area contributed by atoms with Gasteiger partial charge in [-0.1, -0.05) is 56.1 Å². The van der Waals surface area contributed by atoms with E-state index in [9.17, 15) is 14.4 Å². The minimum absolute atomic E-state index is 0.000436. The highest BCUT2D eigenvalue weighted by Gasteiger charge is 2.15. The van der Waals surface area contributed by atoms with E-state index in [1.54, 1.807) is 54.6 Å². The number of nitrogens with one attached hydrogen (secondary N) is 4. The van der Waals surface area contributed by atoms with Gasteiger partial charge in [0.05, 0.1) is 11.6 Å². The van der Waals surface area contributed by atoms with Gasteiger partial charge in [0.1, 0.15) is 5.75 Å². The number of carbonyl (C=O) groups excluding carboxylic acids is 3. The Bertz CT molecular complexity index is 1370. The Morgan fingerprint density at radius 1 is 0.850 bits per heavy atom. The van der Waals surface area contributed by atoms with Crippen molar-refractivity contribution in [3.63, 3.8) is 0 Å². The molecule has 0 spiro atoms. The van der Waals surface area contributed by atoms with Crippen molar-refractivity contribution < 1.29 is 19.1 Å². The zero-order valence-electron chi connectivity index (χ0n) is 22.3. The number of hydrazine groups is 1. The van der Waals surface area contributed by atoms with Crippen LogP contribution < -0.4 is 26.2 Å². The van der Waals surface area contributed by atoms with Gasteiger partial charge >= 0.3 is 0 Å². The van der Waals surface area contributed by atoms with Crippen LogP contribution in [0.1, 0.15) is 59.9 Å². The van der Waals surface area contributed by atoms with Crippen LogP contribution in [-0.4, -0.2) is 29.4 Å². The molecule has 0 fully saturated rings. The Morgan fingerprint density at radius 3 is 2.10 bits per heavy atom. The SMILES string of the molecule is CC(C)(C)c1ccc(C(=O)Nc2ccc(C(=O)NNC(=S)NC(=O)CCCOc3ccc(Cl)cc3Cl)cc2)cc1. The summed E-state index contributed by atoms with van der Waals surface area (Å²) < 4.78 is 5.54. The molecule has 11 heteroatoms. The molecule has 0 atom stereocenters. The normalized spacial score (nSPS) is 10.8. The van der Waals surface area contributed by atoms with Gasteiger partial charge in [0, 0.05) is 28.3 Å². The molecule has 0 radical (unpaired) electrons. The second kappa shape index (κ2) is 14.1. The van der Waals surface area contributed by atoms with Crippen molar-refractivity contribution in [2.45, 2.75) is 39.0 Å². The van der Waals surface area contributed by atoms with Crippen molar-refractivity contribution in [3.05, 3.63) is 93.5 Å². The Balaban J connectivity index is 1.38. The number of hydrogen-bond acceptors (Lipinski definition) is 5. The lowest BCUT2D eigenvalue weighted by Gasteiger charge is -2.19. The minimum Gasteiger partial charge on any atom is -0.492 e. The highest BCUT2D eigenvalue weighted by molar-refractivity contribution is 7.80. The summed E-state index contributed by atoms with van der Waals surface area (Å²) in [5.74, 6) is -0.584. The van der Waals surface area contributed by atoms with Crippen molar-refractivity contribution in [1.82, 2.24) is 16.2 Å². The molecule has 0 unspecified atom stereocenters. The van der Waals surface area contributed by atoms with Gasteiger partial charge < -0.3 is 15.4 Å². The number of hydrogen-bond donors (Lipinski definition) is 4. The number of benzene rings is 3. The molecule has 4 N–H and O–H groups in total. The summed E-state index contributed by atoms with van der Waals surface area (Å²) in [6.45, 7) is 6.60. The Labute approximate surface area is 248 Å². The minimum atomic E-state index is -0.472. The summed E-state index contributed by atoms with van der Waals surface area (Å²) in [7, 11) is 0. The van der Waals surface area contributed by atoms with Gasteiger partial charge in [0.15, 0.2) is 5.11 Å². The standard InChI is InChI=1S/C29H30Cl2N4O4S/c1-29(2,3)20-10-6-18(7-11-20)26(37)32-22-13-8-19(9-14-22)27(38)34-35-28(40)33-25(36)5-4-16-39-24-15-12-21(30)17-23(24)31/h6-15,17H,4-5,16H2,1-3H3,(H,32,37)(H,34,38)(H2,33,35,36,40). The first-order valence-corrected chi connectivity index (χ1v) is 13.6. The quantitative estimate of drug-likeness (QED) is 0.143. The van der Waals surface area contributed by atoms with E-state index in [1.165, 1.54) is 0 Å². The number of thiocarbonyl (C=S) groups is 1. The highest BCUT2D eigenvalue weighted by Crippen LogP contribution is 2.27. The summed E-state index contributed by atoms with van der Waals surface area (Å²) in [4.78, 5) is 37.1. The Kier molecular flexibility index (Phi) is 10.9. The van der Waals surface area contributed by atoms with Crippen LogP contribution in [0, 0.1) is 0 Å². The van der Waals surface area contributed by atoms with E-state index >= 15 is 0 Å². The molecule has 40 heavy (non-hydrogen) atoms. The van der Waals surface area contributed by atoms with E-state index in [-0.39, 0.29) is 35.4 Å². The smallest absolute Gasteiger partial charge is 0.269 e. The molecule has 0 aliphatic carbocycles. The fourth-order valence-electron chi connectivity index (χ4n) is 3.44. The van der Waals surface area contributed by atoms with Gasteiger partial charge in [-0.3, -0.25) is 25.2 Å². The van der Waals surface area contributed by atoms with Crippen LogP contribution >= 0.6 is 35.4 Å². The van der Waals surface area contributed by atoms with Crippen molar-refractivity contribution >= 4 is 63.9 Å². The van der Waals surface area contributed by atoms with E-state index in [0.717, 1.165) is 5.56 Å².